The Morgan fingerprint density at radius 3 is 2.26 bits per heavy atom. The van der Waals surface area contributed by atoms with Crippen molar-refractivity contribution in [2.75, 3.05) is 6.61 Å². The van der Waals surface area contributed by atoms with Gasteiger partial charge < -0.3 is 39.1 Å². The first-order chi connectivity index (χ1) is 18.3. The molecule has 1 saturated heterocycles. The van der Waals surface area contributed by atoms with Crippen LogP contribution in [0.5, 0.6) is 5.88 Å². The number of hydrogen-bond acceptors (Lipinski definition) is 12. The Balaban J connectivity index is 1.92. The molecule has 0 saturated carbocycles. The van der Waals surface area contributed by atoms with Crippen LogP contribution in [0.3, 0.4) is 0 Å². The van der Waals surface area contributed by atoms with Crippen molar-refractivity contribution in [3.05, 3.63) is 24.0 Å². The molecule has 0 radical (unpaired) electrons. The summed E-state index contributed by atoms with van der Waals surface area (Å²) in [6.45, 7) is 3.99. The number of H-pyrrole nitrogens is 1. The molecule has 1 fully saturated rings. The number of rotatable bonds is 7. The zero-order chi connectivity index (χ0) is 28.9. The number of carbonyl (C=O) groups is 4. The SMILES string of the molecule is CC(=O)OC[C@H]1O[C@@H](NC(=S)N=Nc2c(O)[nH]c3ccc(F)cc23)[C@H](OC(C)=O)[C@@H](OC(C)=O)[C@@H]1OC(C)=O. The van der Waals surface area contributed by atoms with Crippen LogP contribution in [-0.2, 0) is 42.9 Å². The third-order valence-electron chi connectivity index (χ3n) is 5.21. The van der Waals surface area contributed by atoms with Gasteiger partial charge in [0.05, 0.1) is 5.52 Å². The number of ether oxygens (including phenoxy) is 5. The molecule has 1 aromatic carbocycles. The lowest BCUT2D eigenvalue weighted by Gasteiger charge is -2.44. The predicted octanol–water partition coefficient (Wildman–Crippen LogP) is 2.05. The maximum Gasteiger partial charge on any atom is 0.303 e. The fourth-order valence-electron chi connectivity index (χ4n) is 3.83. The summed E-state index contributed by atoms with van der Waals surface area (Å²) < 4.78 is 40.5. The summed E-state index contributed by atoms with van der Waals surface area (Å²) in [7, 11) is 0. The highest BCUT2D eigenvalue weighted by atomic mass is 32.1. The number of halogens is 1. The largest absolute Gasteiger partial charge is 0.493 e. The van der Waals surface area contributed by atoms with Crippen molar-refractivity contribution in [2.24, 2.45) is 10.2 Å². The number of fused-ring (bicyclic) bond motifs is 1. The van der Waals surface area contributed by atoms with E-state index in [2.05, 4.69) is 20.5 Å². The molecule has 0 bridgehead atoms. The third kappa shape index (κ3) is 7.67. The van der Waals surface area contributed by atoms with Crippen molar-refractivity contribution in [1.29, 1.82) is 0 Å². The van der Waals surface area contributed by atoms with Crippen LogP contribution in [0.15, 0.2) is 28.4 Å². The zero-order valence-corrected chi connectivity index (χ0v) is 21.9. The van der Waals surface area contributed by atoms with Crippen molar-refractivity contribution in [2.45, 2.75) is 58.3 Å². The second-order valence-corrected chi connectivity index (χ2v) is 8.67. The quantitative estimate of drug-likeness (QED) is 0.191. The van der Waals surface area contributed by atoms with Crippen molar-refractivity contribution in [1.82, 2.24) is 10.3 Å². The van der Waals surface area contributed by atoms with E-state index in [1.807, 2.05) is 0 Å². The molecule has 1 aromatic heterocycles. The van der Waals surface area contributed by atoms with Gasteiger partial charge in [-0.05, 0) is 30.4 Å². The maximum absolute atomic E-state index is 13.7. The van der Waals surface area contributed by atoms with Crippen molar-refractivity contribution in [3.63, 3.8) is 0 Å². The van der Waals surface area contributed by atoms with Gasteiger partial charge in [0.25, 0.3) is 0 Å². The van der Waals surface area contributed by atoms with E-state index >= 15 is 0 Å². The lowest BCUT2D eigenvalue weighted by molar-refractivity contribution is -0.254. The van der Waals surface area contributed by atoms with E-state index < -0.39 is 72.8 Å². The van der Waals surface area contributed by atoms with Gasteiger partial charge in [0, 0.05) is 33.1 Å². The summed E-state index contributed by atoms with van der Waals surface area (Å²) in [6, 6.07) is 3.73. The van der Waals surface area contributed by atoms with Crippen LogP contribution < -0.4 is 5.32 Å². The predicted molar refractivity (Wildman–Crippen MR) is 132 cm³/mol. The summed E-state index contributed by atoms with van der Waals surface area (Å²) in [5.74, 6) is -4.02. The molecule has 2 heterocycles. The first kappa shape index (κ1) is 29.4. The molecule has 0 amide bonds. The number of aromatic amines is 1. The molecule has 0 aliphatic carbocycles. The number of esters is 4. The van der Waals surface area contributed by atoms with E-state index in [4.69, 9.17) is 35.9 Å². The first-order valence-electron chi connectivity index (χ1n) is 11.4. The van der Waals surface area contributed by atoms with E-state index in [-0.39, 0.29) is 16.2 Å². The second kappa shape index (κ2) is 12.6. The Morgan fingerprint density at radius 1 is 1.03 bits per heavy atom. The Kier molecular flexibility index (Phi) is 9.47. The van der Waals surface area contributed by atoms with Crippen molar-refractivity contribution >= 4 is 57.8 Å². The van der Waals surface area contributed by atoms with Crippen LogP contribution in [0, 0.1) is 5.82 Å². The highest BCUT2D eigenvalue weighted by molar-refractivity contribution is 7.80. The highest BCUT2D eigenvalue weighted by Crippen LogP contribution is 2.36. The minimum Gasteiger partial charge on any atom is -0.493 e. The minimum absolute atomic E-state index is 0.102. The fraction of sp³-hybridized carbons (Fsp3) is 0.435. The molecule has 0 unspecified atom stereocenters. The second-order valence-electron chi connectivity index (χ2n) is 8.28. The smallest absolute Gasteiger partial charge is 0.303 e. The molecule has 14 nitrogen and oxygen atoms in total. The number of azo groups is 1. The Labute approximate surface area is 225 Å². The summed E-state index contributed by atoms with van der Waals surface area (Å²) in [5.41, 5.74) is 0.288. The van der Waals surface area contributed by atoms with Crippen LogP contribution in [0.1, 0.15) is 27.7 Å². The van der Waals surface area contributed by atoms with Crippen LogP contribution in [0.2, 0.25) is 0 Å². The molecule has 1 aliphatic rings. The molecule has 3 N–H and O–H groups in total. The Bertz CT molecular complexity index is 1320. The van der Waals surface area contributed by atoms with Gasteiger partial charge >= 0.3 is 23.9 Å². The molecule has 16 heteroatoms. The number of benzene rings is 1. The summed E-state index contributed by atoms with van der Waals surface area (Å²) >= 11 is 5.20. The average molecular weight is 569 g/mol. The van der Waals surface area contributed by atoms with E-state index in [1.54, 1.807) is 0 Å². The van der Waals surface area contributed by atoms with Gasteiger partial charge in [-0.15, -0.1) is 10.2 Å². The third-order valence-corrected chi connectivity index (χ3v) is 5.41. The number of aromatic hydroxyl groups is 1. The van der Waals surface area contributed by atoms with Crippen LogP contribution in [0.25, 0.3) is 10.9 Å². The van der Waals surface area contributed by atoms with Crippen molar-refractivity contribution in [3.8, 4) is 5.88 Å². The number of thiocarbonyl (C=S) groups is 1. The van der Waals surface area contributed by atoms with E-state index in [9.17, 15) is 28.7 Å². The van der Waals surface area contributed by atoms with Gasteiger partial charge in [-0.2, -0.15) is 0 Å². The normalized spacial score (nSPS) is 22.7. The maximum atomic E-state index is 13.7. The van der Waals surface area contributed by atoms with Crippen LogP contribution >= 0.6 is 12.2 Å². The number of nitrogens with one attached hydrogen (secondary N) is 2. The number of nitrogens with zero attached hydrogens (tertiary/aromatic N) is 2. The number of carbonyl (C=O) groups excluding carboxylic acids is 4. The first-order valence-corrected chi connectivity index (χ1v) is 11.8. The lowest BCUT2D eigenvalue weighted by Crippen LogP contribution is -2.66. The monoisotopic (exact) mass is 568 g/mol. The molecule has 3 rings (SSSR count). The topological polar surface area (TPSA) is 187 Å². The molecular formula is C23H25FN4O10S. The van der Waals surface area contributed by atoms with Gasteiger partial charge in [0.2, 0.25) is 11.0 Å². The van der Waals surface area contributed by atoms with E-state index in [0.29, 0.717) is 5.52 Å². The molecule has 210 valence electrons. The van der Waals surface area contributed by atoms with Gasteiger partial charge in [-0.25, -0.2) is 4.39 Å². The number of hydrogen-bond donors (Lipinski definition) is 3. The molecule has 0 spiro atoms. The molecule has 39 heavy (non-hydrogen) atoms. The van der Waals surface area contributed by atoms with E-state index in [1.165, 1.54) is 12.1 Å². The Morgan fingerprint density at radius 2 is 1.64 bits per heavy atom. The number of aromatic nitrogens is 1. The average Bonchev–Trinajstić information content (AvgIpc) is 3.13. The standard InChI is InChI=1S/C23H25FN4O10S/c1-9(29)34-8-16-18(35-10(2)30)19(36-11(3)31)20(37-12(4)32)22(38-16)26-23(39)28-27-17-14-7-13(24)5-6-15(14)25-21(17)33/h5-7,16,18-20,22,25,33H,8H2,1-4H3,(H,26,39)/t16-,18-,19+,20-,22-/m1/s1. The van der Waals surface area contributed by atoms with Gasteiger partial charge in [-0.1, -0.05) is 0 Å². The molecule has 5 atom stereocenters. The summed E-state index contributed by atoms with van der Waals surface area (Å²) in [5, 5.41) is 20.4. The van der Waals surface area contributed by atoms with Gasteiger partial charge in [0.1, 0.15) is 18.5 Å². The summed E-state index contributed by atoms with van der Waals surface area (Å²) in [6.07, 6.45) is -6.75. The zero-order valence-electron chi connectivity index (χ0n) is 21.1. The Hall–Kier alpha value is -4.18. The van der Waals surface area contributed by atoms with Crippen LogP contribution in [-0.4, -0.2) is 76.3 Å². The fourth-order valence-corrected chi connectivity index (χ4v) is 3.98. The molecule has 2 aromatic rings. The van der Waals surface area contributed by atoms with Gasteiger partial charge in [-0.3, -0.25) is 19.2 Å². The van der Waals surface area contributed by atoms with E-state index in [0.717, 1.165) is 33.8 Å². The minimum atomic E-state index is -1.42. The van der Waals surface area contributed by atoms with Gasteiger partial charge in [0.15, 0.2) is 30.2 Å². The van der Waals surface area contributed by atoms with Crippen LogP contribution in [0.4, 0.5) is 10.1 Å². The molecular weight excluding hydrogens is 543 g/mol. The summed E-state index contributed by atoms with van der Waals surface area (Å²) in [4.78, 5) is 49.7. The lowest BCUT2D eigenvalue weighted by atomic mass is 9.97. The van der Waals surface area contributed by atoms with Crippen molar-refractivity contribution < 1.29 is 52.4 Å². The molecule has 1 aliphatic heterocycles. The highest BCUT2D eigenvalue weighted by Gasteiger charge is 2.52.